The van der Waals surface area contributed by atoms with Crippen LogP contribution < -0.4 is 10.6 Å². The molecule has 2 amide bonds. The molecule has 2 rings (SSSR count). The third-order valence-corrected chi connectivity index (χ3v) is 4.04. The molecule has 1 aromatic heterocycles. The highest BCUT2D eigenvalue weighted by atomic mass is 16.4. The van der Waals surface area contributed by atoms with Gasteiger partial charge in [0.2, 0.25) is 0 Å². The van der Waals surface area contributed by atoms with Crippen LogP contribution in [0, 0.1) is 0 Å². The molecule has 0 bridgehead atoms. The van der Waals surface area contributed by atoms with Gasteiger partial charge in [-0.05, 0) is 37.3 Å². The molecule has 2 atom stereocenters. The SMILES string of the molecule is CC(Cc1cnn(C)c1)NC(=O)NC(CCC(=O)O)Cc1ccccc1. The molecule has 0 aliphatic carbocycles. The summed E-state index contributed by atoms with van der Waals surface area (Å²) in [6.07, 6.45) is 5.37. The van der Waals surface area contributed by atoms with E-state index in [9.17, 15) is 9.59 Å². The van der Waals surface area contributed by atoms with Crippen LogP contribution in [0.25, 0.3) is 0 Å². The Labute approximate surface area is 153 Å². The fourth-order valence-corrected chi connectivity index (χ4v) is 2.85. The van der Waals surface area contributed by atoms with Gasteiger partial charge >= 0.3 is 12.0 Å². The van der Waals surface area contributed by atoms with Crippen LogP contribution in [0.2, 0.25) is 0 Å². The van der Waals surface area contributed by atoms with Gasteiger partial charge in [0, 0.05) is 31.7 Å². The maximum absolute atomic E-state index is 12.3. The van der Waals surface area contributed by atoms with Crippen LogP contribution in [0.15, 0.2) is 42.7 Å². The molecule has 7 nitrogen and oxygen atoms in total. The Morgan fingerprint density at radius 2 is 1.88 bits per heavy atom. The van der Waals surface area contributed by atoms with Gasteiger partial charge < -0.3 is 15.7 Å². The van der Waals surface area contributed by atoms with Gasteiger partial charge in [0.05, 0.1) is 6.20 Å². The second kappa shape index (κ2) is 9.60. The molecule has 2 unspecified atom stereocenters. The molecule has 140 valence electrons. The number of carbonyl (C=O) groups excluding carboxylic acids is 1. The van der Waals surface area contributed by atoms with Crippen molar-refractivity contribution >= 4 is 12.0 Å². The first kappa shape index (κ1) is 19.5. The average Bonchev–Trinajstić information content (AvgIpc) is 2.98. The number of carboxylic acids is 1. The number of aromatic nitrogens is 2. The Morgan fingerprint density at radius 3 is 2.50 bits per heavy atom. The molecule has 1 aromatic carbocycles. The maximum Gasteiger partial charge on any atom is 0.315 e. The first-order valence-corrected chi connectivity index (χ1v) is 8.72. The summed E-state index contributed by atoms with van der Waals surface area (Å²) in [6.45, 7) is 1.93. The van der Waals surface area contributed by atoms with Crippen LogP contribution in [0.3, 0.4) is 0 Å². The third kappa shape index (κ3) is 6.96. The van der Waals surface area contributed by atoms with E-state index in [-0.39, 0.29) is 24.5 Å². The number of aliphatic carboxylic acids is 1. The molecule has 1 heterocycles. The molecule has 0 saturated heterocycles. The van der Waals surface area contributed by atoms with Gasteiger partial charge in [-0.15, -0.1) is 0 Å². The Morgan fingerprint density at radius 1 is 1.15 bits per heavy atom. The zero-order valence-corrected chi connectivity index (χ0v) is 15.2. The summed E-state index contributed by atoms with van der Waals surface area (Å²) < 4.78 is 1.73. The van der Waals surface area contributed by atoms with Crippen LogP contribution in [-0.4, -0.2) is 39.0 Å². The van der Waals surface area contributed by atoms with E-state index in [0.29, 0.717) is 19.3 Å². The van der Waals surface area contributed by atoms with Crippen molar-refractivity contribution in [3.05, 3.63) is 53.9 Å². The molecular weight excluding hydrogens is 332 g/mol. The van der Waals surface area contributed by atoms with Gasteiger partial charge in [0.1, 0.15) is 0 Å². The van der Waals surface area contributed by atoms with Crippen molar-refractivity contribution in [2.75, 3.05) is 0 Å². The number of hydrogen-bond acceptors (Lipinski definition) is 3. The second-order valence-corrected chi connectivity index (χ2v) is 6.56. The van der Waals surface area contributed by atoms with Gasteiger partial charge in [-0.1, -0.05) is 30.3 Å². The van der Waals surface area contributed by atoms with Crippen LogP contribution >= 0.6 is 0 Å². The van der Waals surface area contributed by atoms with Gasteiger partial charge in [-0.3, -0.25) is 9.48 Å². The maximum atomic E-state index is 12.3. The van der Waals surface area contributed by atoms with Crippen LogP contribution in [0.4, 0.5) is 4.79 Å². The van der Waals surface area contributed by atoms with E-state index in [2.05, 4.69) is 15.7 Å². The zero-order chi connectivity index (χ0) is 18.9. The first-order chi connectivity index (χ1) is 12.4. The van der Waals surface area contributed by atoms with Crippen LogP contribution in [0.5, 0.6) is 0 Å². The number of hydrogen-bond donors (Lipinski definition) is 3. The fraction of sp³-hybridized carbons (Fsp3) is 0.421. The zero-order valence-electron chi connectivity index (χ0n) is 15.2. The lowest BCUT2D eigenvalue weighted by molar-refractivity contribution is -0.137. The summed E-state index contributed by atoms with van der Waals surface area (Å²) in [5.74, 6) is -0.866. The van der Waals surface area contributed by atoms with E-state index < -0.39 is 5.97 Å². The third-order valence-electron chi connectivity index (χ3n) is 4.04. The highest BCUT2D eigenvalue weighted by Crippen LogP contribution is 2.08. The molecule has 2 aromatic rings. The van der Waals surface area contributed by atoms with Gasteiger partial charge in [-0.2, -0.15) is 5.10 Å². The van der Waals surface area contributed by atoms with Crippen molar-refractivity contribution in [1.82, 2.24) is 20.4 Å². The predicted molar refractivity (Wildman–Crippen MR) is 98.8 cm³/mol. The number of aryl methyl sites for hydroxylation is 1. The quantitative estimate of drug-likeness (QED) is 0.640. The van der Waals surface area contributed by atoms with Crippen molar-refractivity contribution in [2.45, 2.75) is 44.7 Å². The molecule has 0 radical (unpaired) electrons. The number of rotatable bonds is 9. The molecule has 0 fully saturated rings. The number of carbonyl (C=O) groups is 2. The Balaban J connectivity index is 1.88. The van der Waals surface area contributed by atoms with Gasteiger partial charge in [0.15, 0.2) is 0 Å². The van der Waals surface area contributed by atoms with Crippen molar-refractivity contribution < 1.29 is 14.7 Å². The highest BCUT2D eigenvalue weighted by molar-refractivity contribution is 5.74. The Kier molecular flexibility index (Phi) is 7.20. The van der Waals surface area contributed by atoms with Gasteiger partial charge in [-0.25, -0.2) is 4.79 Å². The number of carboxylic acid groups (broad SMARTS) is 1. The summed E-state index contributed by atoms with van der Waals surface area (Å²) in [5.41, 5.74) is 2.11. The van der Waals surface area contributed by atoms with E-state index >= 15 is 0 Å². The molecule has 0 spiro atoms. The molecule has 0 aliphatic heterocycles. The minimum Gasteiger partial charge on any atom is -0.481 e. The molecule has 0 saturated carbocycles. The molecule has 26 heavy (non-hydrogen) atoms. The number of benzene rings is 1. The van der Waals surface area contributed by atoms with E-state index in [4.69, 9.17) is 5.11 Å². The van der Waals surface area contributed by atoms with Crippen molar-refractivity contribution in [3.8, 4) is 0 Å². The summed E-state index contributed by atoms with van der Waals surface area (Å²) >= 11 is 0. The van der Waals surface area contributed by atoms with E-state index in [1.807, 2.05) is 50.5 Å². The summed E-state index contributed by atoms with van der Waals surface area (Å²) in [4.78, 5) is 23.2. The van der Waals surface area contributed by atoms with Crippen LogP contribution in [0.1, 0.15) is 30.9 Å². The highest BCUT2D eigenvalue weighted by Gasteiger charge is 2.16. The lowest BCUT2D eigenvalue weighted by Gasteiger charge is -2.21. The summed E-state index contributed by atoms with van der Waals surface area (Å²) in [7, 11) is 1.85. The average molecular weight is 358 g/mol. The molecule has 3 N–H and O–H groups in total. The fourth-order valence-electron chi connectivity index (χ4n) is 2.85. The molecule has 0 aliphatic rings. The minimum absolute atomic E-state index is 0.0169. The second-order valence-electron chi connectivity index (χ2n) is 6.56. The first-order valence-electron chi connectivity index (χ1n) is 8.72. The van der Waals surface area contributed by atoms with Crippen molar-refractivity contribution in [1.29, 1.82) is 0 Å². The smallest absolute Gasteiger partial charge is 0.315 e. The monoisotopic (exact) mass is 358 g/mol. The van der Waals surface area contributed by atoms with E-state index in [0.717, 1.165) is 11.1 Å². The standard InChI is InChI=1S/C19H26N4O3/c1-14(10-16-12-20-23(2)13-16)21-19(26)22-17(8-9-18(24)25)11-15-6-4-3-5-7-15/h3-7,12-14,17H,8-11H2,1-2H3,(H,24,25)(H2,21,22,26). The number of amides is 2. The number of nitrogens with zero attached hydrogens (tertiary/aromatic N) is 2. The van der Waals surface area contributed by atoms with E-state index in [1.165, 1.54) is 0 Å². The number of urea groups is 1. The van der Waals surface area contributed by atoms with Gasteiger partial charge in [0.25, 0.3) is 0 Å². The minimum atomic E-state index is -0.866. The summed E-state index contributed by atoms with van der Waals surface area (Å²) in [6, 6.07) is 9.15. The number of nitrogens with one attached hydrogen (secondary N) is 2. The Bertz CT molecular complexity index is 715. The lowest BCUT2D eigenvalue weighted by Crippen LogP contribution is -2.46. The largest absolute Gasteiger partial charge is 0.481 e. The Hall–Kier alpha value is -2.83. The van der Waals surface area contributed by atoms with Crippen LogP contribution in [-0.2, 0) is 24.7 Å². The summed E-state index contributed by atoms with van der Waals surface area (Å²) in [5, 5.41) is 18.9. The van der Waals surface area contributed by atoms with E-state index in [1.54, 1.807) is 10.9 Å². The normalized spacial score (nSPS) is 13.0. The van der Waals surface area contributed by atoms with Crippen molar-refractivity contribution in [3.63, 3.8) is 0 Å². The molecule has 7 heteroatoms. The van der Waals surface area contributed by atoms with Crippen molar-refractivity contribution in [2.24, 2.45) is 7.05 Å². The lowest BCUT2D eigenvalue weighted by atomic mass is 10.0. The topological polar surface area (TPSA) is 96.3 Å². The molecular formula is C19H26N4O3. The predicted octanol–water partition coefficient (Wildman–Crippen LogP) is 2.13.